The molecule has 148 valence electrons. The summed E-state index contributed by atoms with van der Waals surface area (Å²) in [6, 6.07) is 15.0. The number of hydrogen-bond acceptors (Lipinski definition) is 1. The lowest BCUT2D eigenvalue weighted by atomic mass is 9.89. The highest BCUT2D eigenvalue weighted by molar-refractivity contribution is 6.07. The summed E-state index contributed by atoms with van der Waals surface area (Å²) in [7, 11) is 2.10. The maximum absolute atomic E-state index is 7.48. The van der Waals surface area contributed by atoms with Crippen LogP contribution in [0.1, 0.15) is 30.5 Å². The van der Waals surface area contributed by atoms with Crippen LogP contribution >= 0.6 is 0 Å². The van der Waals surface area contributed by atoms with Crippen molar-refractivity contribution in [3.05, 3.63) is 76.8 Å². The zero-order valence-corrected chi connectivity index (χ0v) is 18.1. The number of rotatable bonds is 2. The highest BCUT2D eigenvalue weighted by Crippen LogP contribution is 2.49. The summed E-state index contributed by atoms with van der Waals surface area (Å²) in [6.07, 6.45) is 2.90. The Hall–Kier alpha value is -3.38. The van der Waals surface area contributed by atoms with Gasteiger partial charge in [0, 0.05) is 30.0 Å². The third-order valence-electron chi connectivity index (χ3n) is 6.30. The van der Waals surface area contributed by atoms with Gasteiger partial charge in [0.05, 0.1) is 12.0 Å². The highest BCUT2D eigenvalue weighted by atomic mass is 16.5. The standard InChI is InChI=1S/C27H25N2O/c1-16-12-19-8-7-9-22-24(19)23(17(16)2)25-26(30-22)21-13-18(14-27(3,4)28-5)10-11-20(21)15-29(25)6/h7-13,15H,14H2,1-4,6H3/q+1. The van der Waals surface area contributed by atoms with E-state index in [0.29, 0.717) is 6.42 Å². The van der Waals surface area contributed by atoms with Gasteiger partial charge >= 0.3 is 0 Å². The van der Waals surface area contributed by atoms with Crippen molar-refractivity contribution in [2.24, 2.45) is 7.05 Å². The molecule has 3 heteroatoms. The molecule has 1 aromatic heterocycles. The maximum Gasteiger partial charge on any atom is 0.257 e. The average Bonchev–Trinajstić information content (AvgIpc) is 2.71. The topological polar surface area (TPSA) is 17.5 Å². The van der Waals surface area contributed by atoms with Crippen LogP contribution < -0.4 is 9.30 Å². The number of fused-ring (bicyclic) bond motifs is 4. The summed E-state index contributed by atoms with van der Waals surface area (Å²) < 4.78 is 8.76. The molecule has 0 unspecified atom stereocenters. The molecule has 0 bridgehead atoms. The quantitative estimate of drug-likeness (QED) is 0.249. The van der Waals surface area contributed by atoms with Crippen LogP contribution in [0.5, 0.6) is 11.5 Å². The Morgan fingerprint density at radius 1 is 1.07 bits per heavy atom. The first-order chi connectivity index (χ1) is 14.3. The number of benzene rings is 3. The number of aryl methyl sites for hydroxylation is 2. The molecule has 0 atom stereocenters. The summed E-state index contributed by atoms with van der Waals surface area (Å²) in [5.74, 6) is 1.82. The molecule has 1 aliphatic heterocycles. The summed E-state index contributed by atoms with van der Waals surface area (Å²) in [6.45, 7) is 15.8. The molecule has 5 rings (SSSR count). The number of aromatic nitrogens is 1. The van der Waals surface area contributed by atoms with Crippen LogP contribution in [0, 0.1) is 20.4 Å². The van der Waals surface area contributed by atoms with E-state index < -0.39 is 5.54 Å². The van der Waals surface area contributed by atoms with Crippen molar-refractivity contribution < 1.29 is 9.30 Å². The Morgan fingerprint density at radius 3 is 2.63 bits per heavy atom. The van der Waals surface area contributed by atoms with E-state index in [4.69, 9.17) is 11.3 Å². The maximum atomic E-state index is 7.48. The van der Waals surface area contributed by atoms with Crippen LogP contribution in [0.3, 0.4) is 0 Å². The molecule has 2 heterocycles. The first-order valence-electron chi connectivity index (χ1n) is 10.3. The lowest BCUT2D eigenvalue weighted by Crippen LogP contribution is -2.32. The van der Waals surface area contributed by atoms with Gasteiger partial charge in [-0.05, 0) is 54.1 Å². The van der Waals surface area contributed by atoms with Gasteiger partial charge in [-0.15, -0.1) is 0 Å². The van der Waals surface area contributed by atoms with Gasteiger partial charge in [0.2, 0.25) is 11.3 Å². The van der Waals surface area contributed by atoms with Crippen molar-refractivity contribution >= 4 is 21.5 Å². The van der Waals surface area contributed by atoms with Gasteiger partial charge in [-0.1, -0.05) is 24.3 Å². The molecule has 0 saturated heterocycles. The molecule has 4 aromatic rings. The number of ether oxygens (including phenoxy) is 1. The fraction of sp³-hybridized carbons (Fsp3) is 0.259. The molecule has 0 spiro atoms. The smallest absolute Gasteiger partial charge is 0.257 e. The highest BCUT2D eigenvalue weighted by Gasteiger charge is 2.32. The SMILES string of the molecule is [C-]#[N+]C(C)(C)Cc1ccc2c[n+](C)c3c(c2c1)Oc1cccc2cc(C)c(C)c-3c12. The Morgan fingerprint density at radius 2 is 1.87 bits per heavy atom. The molecule has 3 nitrogen and oxygen atoms in total. The fourth-order valence-electron chi connectivity index (χ4n) is 4.67. The molecule has 1 aliphatic rings. The zero-order valence-electron chi connectivity index (χ0n) is 18.1. The van der Waals surface area contributed by atoms with Crippen molar-refractivity contribution in [2.45, 2.75) is 39.7 Å². The molecule has 0 aliphatic carbocycles. The predicted molar refractivity (Wildman–Crippen MR) is 122 cm³/mol. The lowest BCUT2D eigenvalue weighted by Gasteiger charge is -2.23. The van der Waals surface area contributed by atoms with E-state index in [1.54, 1.807) is 0 Å². The molecular formula is C27H25N2O+. The summed E-state index contributed by atoms with van der Waals surface area (Å²) in [5, 5.41) is 4.64. The largest absolute Gasteiger partial charge is 0.449 e. The normalized spacial score (nSPS) is 12.5. The predicted octanol–water partition coefficient (Wildman–Crippen LogP) is 6.45. The van der Waals surface area contributed by atoms with Gasteiger partial charge < -0.3 is 9.58 Å². The van der Waals surface area contributed by atoms with E-state index in [-0.39, 0.29) is 0 Å². The molecule has 3 aromatic carbocycles. The second-order valence-corrected chi connectivity index (χ2v) is 9.09. The molecule has 0 amide bonds. The monoisotopic (exact) mass is 393 g/mol. The van der Waals surface area contributed by atoms with Gasteiger partial charge in [0.15, 0.2) is 6.20 Å². The third-order valence-corrected chi connectivity index (χ3v) is 6.30. The van der Waals surface area contributed by atoms with Crippen LogP contribution in [-0.2, 0) is 13.5 Å². The first kappa shape index (κ1) is 18.6. The van der Waals surface area contributed by atoms with E-state index in [0.717, 1.165) is 33.5 Å². The van der Waals surface area contributed by atoms with Crippen LogP contribution in [-0.4, -0.2) is 5.54 Å². The number of nitrogens with zero attached hydrogens (tertiary/aromatic N) is 2. The summed E-state index contributed by atoms with van der Waals surface area (Å²) in [4.78, 5) is 3.79. The van der Waals surface area contributed by atoms with E-state index in [1.807, 2.05) is 13.8 Å². The minimum atomic E-state index is -0.417. The van der Waals surface area contributed by atoms with Crippen LogP contribution in [0.15, 0.2) is 48.7 Å². The van der Waals surface area contributed by atoms with Crippen molar-refractivity contribution in [1.29, 1.82) is 0 Å². The summed E-state index contributed by atoms with van der Waals surface area (Å²) in [5.41, 5.74) is 5.70. The minimum Gasteiger partial charge on any atom is -0.449 e. The average molecular weight is 394 g/mol. The number of pyridine rings is 1. The van der Waals surface area contributed by atoms with Crippen molar-refractivity contribution in [3.63, 3.8) is 0 Å². The Kier molecular flexibility index (Phi) is 3.92. The van der Waals surface area contributed by atoms with Crippen molar-refractivity contribution in [1.82, 2.24) is 0 Å². The number of hydrogen-bond donors (Lipinski definition) is 0. The van der Waals surface area contributed by atoms with Gasteiger partial charge in [-0.3, -0.25) is 0 Å². The van der Waals surface area contributed by atoms with E-state index in [9.17, 15) is 0 Å². The van der Waals surface area contributed by atoms with E-state index >= 15 is 0 Å². The second kappa shape index (κ2) is 6.31. The molecule has 0 saturated carbocycles. The van der Waals surface area contributed by atoms with Crippen LogP contribution in [0.25, 0.3) is 37.6 Å². The minimum absolute atomic E-state index is 0.417. The molecule has 30 heavy (non-hydrogen) atoms. The molecule has 0 radical (unpaired) electrons. The van der Waals surface area contributed by atoms with Crippen molar-refractivity contribution in [2.75, 3.05) is 0 Å². The van der Waals surface area contributed by atoms with Gasteiger partial charge in [0.25, 0.3) is 5.69 Å². The van der Waals surface area contributed by atoms with Crippen LogP contribution in [0.4, 0.5) is 0 Å². The second-order valence-electron chi connectivity index (χ2n) is 9.09. The Bertz CT molecular complexity index is 1410. The van der Waals surface area contributed by atoms with E-state index in [2.05, 4.69) is 79.0 Å². The summed E-state index contributed by atoms with van der Waals surface area (Å²) >= 11 is 0. The van der Waals surface area contributed by atoms with Gasteiger partial charge in [-0.25, -0.2) is 6.57 Å². The van der Waals surface area contributed by atoms with Gasteiger partial charge in [-0.2, -0.15) is 4.57 Å². The lowest BCUT2D eigenvalue weighted by molar-refractivity contribution is -0.659. The molecule has 0 fully saturated rings. The first-order valence-corrected chi connectivity index (χ1v) is 10.3. The molecular weight excluding hydrogens is 368 g/mol. The molecule has 0 N–H and O–H groups in total. The fourth-order valence-corrected chi connectivity index (χ4v) is 4.67. The van der Waals surface area contributed by atoms with E-state index in [1.165, 1.54) is 27.5 Å². The Labute approximate surface area is 177 Å². The van der Waals surface area contributed by atoms with Gasteiger partial charge in [0.1, 0.15) is 12.8 Å². The zero-order chi connectivity index (χ0) is 21.2. The Balaban J connectivity index is 1.85. The van der Waals surface area contributed by atoms with Crippen molar-refractivity contribution in [3.8, 4) is 22.8 Å². The third kappa shape index (κ3) is 2.68. The van der Waals surface area contributed by atoms with Crippen LogP contribution in [0.2, 0.25) is 0 Å².